The molecular formula is C15H21ClN2O3. The van der Waals surface area contributed by atoms with Gasteiger partial charge in [0, 0.05) is 31.2 Å². The van der Waals surface area contributed by atoms with E-state index in [1.807, 2.05) is 0 Å². The molecule has 0 saturated heterocycles. The van der Waals surface area contributed by atoms with Crippen LogP contribution < -0.4 is 5.32 Å². The van der Waals surface area contributed by atoms with Crippen LogP contribution in [0, 0.1) is 15.5 Å². The molecule has 0 spiro atoms. The summed E-state index contributed by atoms with van der Waals surface area (Å²) in [6.07, 6.45) is 5.49. The van der Waals surface area contributed by atoms with E-state index in [4.69, 9.17) is 11.6 Å². The number of nitrogens with zero attached hydrogens (tertiary/aromatic N) is 1. The fourth-order valence-corrected chi connectivity index (χ4v) is 3.27. The lowest BCUT2D eigenvalue weighted by atomic mass is 9.74. The van der Waals surface area contributed by atoms with Crippen LogP contribution in [0.2, 0.25) is 5.02 Å². The van der Waals surface area contributed by atoms with Crippen molar-refractivity contribution in [2.75, 3.05) is 13.2 Å². The highest BCUT2D eigenvalue weighted by molar-refractivity contribution is 6.31. The number of aliphatic hydroxyl groups excluding tert-OH is 1. The zero-order chi connectivity index (χ0) is 15.3. The molecule has 0 radical (unpaired) electrons. The Morgan fingerprint density at radius 2 is 2.05 bits per heavy atom. The normalized spacial score (nSPS) is 17.6. The summed E-state index contributed by atoms with van der Waals surface area (Å²) < 4.78 is 0. The predicted octanol–water partition coefficient (Wildman–Crippen LogP) is 3.28. The lowest BCUT2D eigenvalue weighted by Crippen LogP contribution is -2.38. The number of rotatable bonds is 6. The molecule has 0 aliphatic heterocycles. The van der Waals surface area contributed by atoms with Crippen LogP contribution in [-0.4, -0.2) is 23.2 Å². The third-order valence-corrected chi connectivity index (χ3v) is 4.70. The van der Waals surface area contributed by atoms with Crippen LogP contribution in [0.25, 0.3) is 0 Å². The molecule has 2 N–H and O–H groups in total. The average molecular weight is 313 g/mol. The van der Waals surface area contributed by atoms with E-state index >= 15 is 0 Å². The first-order chi connectivity index (χ1) is 10.1. The van der Waals surface area contributed by atoms with E-state index in [1.54, 1.807) is 12.1 Å². The van der Waals surface area contributed by atoms with Crippen LogP contribution in [0.4, 0.5) is 5.69 Å². The molecule has 116 valence electrons. The quantitative estimate of drug-likeness (QED) is 0.624. The van der Waals surface area contributed by atoms with Gasteiger partial charge in [0.15, 0.2) is 0 Å². The fourth-order valence-electron chi connectivity index (χ4n) is 3.04. The van der Waals surface area contributed by atoms with E-state index in [0.29, 0.717) is 23.7 Å². The maximum Gasteiger partial charge on any atom is 0.275 e. The Hall–Kier alpha value is -1.17. The topological polar surface area (TPSA) is 75.4 Å². The Morgan fingerprint density at radius 1 is 1.33 bits per heavy atom. The number of nitro groups is 1. The van der Waals surface area contributed by atoms with Gasteiger partial charge in [0.25, 0.3) is 5.69 Å². The molecule has 1 fully saturated rings. The molecule has 1 aliphatic rings. The van der Waals surface area contributed by atoms with Crippen molar-refractivity contribution in [3.63, 3.8) is 0 Å². The van der Waals surface area contributed by atoms with Crippen LogP contribution in [0.5, 0.6) is 0 Å². The van der Waals surface area contributed by atoms with Crippen LogP contribution >= 0.6 is 11.6 Å². The fraction of sp³-hybridized carbons (Fsp3) is 0.600. The molecule has 0 bridgehead atoms. The summed E-state index contributed by atoms with van der Waals surface area (Å²) in [4.78, 5) is 10.6. The van der Waals surface area contributed by atoms with Crippen molar-refractivity contribution in [1.29, 1.82) is 0 Å². The second kappa shape index (κ2) is 7.20. The molecule has 0 unspecified atom stereocenters. The molecule has 1 aliphatic carbocycles. The third-order valence-electron chi connectivity index (χ3n) is 4.34. The van der Waals surface area contributed by atoms with Crippen LogP contribution in [0.1, 0.15) is 37.7 Å². The van der Waals surface area contributed by atoms with E-state index < -0.39 is 4.92 Å². The Bertz CT molecular complexity index is 502. The molecule has 0 amide bonds. The zero-order valence-electron chi connectivity index (χ0n) is 12.0. The van der Waals surface area contributed by atoms with Gasteiger partial charge in [-0.05, 0) is 18.9 Å². The molecule has 0 aromatic heterocycles. The second-order valence-corrected chi connectivity index (χ2v) is 6.22. The summed E-state index contributed by atoms with van der Waals surface area (Å²) in [6.45, 7) is 1.16. The van der Waals surface area contributed by atoms with Gasteiger partial charge in [-0.3, -0.25) is 10.1 Å². The van der Waals surface area contributed by atoms with E-state index in [1.165, 1.54) is 12.5 Å². The molecular weight excluding hydrogens is 292 g/mol. The second-order valence-electron chi connectivity index (χ2n) is 5.82. The van der Waals surface area contributed by atoms with Gasteiger partial charge in [0.05, 0.1) is 15.5 Å². The molecule has 0 atom stereocenters. The summed E-state index contributed by atoms with van der Waals surface area (Å²) >= 11 is 6.07. The number of benzene rings is 1. The predicted molar refractivity (Wildman–Crippen MR) is 82.4 cm³/mol. The molecule has 6 heteroatoms. The molecule has 0 heterocycles. The first kappa shape index (κ1) is 16.2. The number of hydrogen-bond donors (Lipinski definition) is 2. The van der Waals surface area contributed by atoms with Crippen LogP contribution in [0.15, 0.2) is 18.2 Å². The molecule has 2 rings (SSSR count). The van der Waals surface area contributed by atoms with E-state index in [9.17, 15) is 15.2 Å². The highest BCUT2D eigenvalue weighted by atomic mass is 35.5. The van der Waals surface area contributed by atoms with Gasteiger partial charge in [0.1, 0.15) is 0 Å². The largest absolute Gasteiger partial charge is 0.396 e. The van der Waals surface area contributed by atoms with Gasteiger partial charge in [-0.25, -0.2) is 0 Å². The van der Waals surface area contributed by atoms with E-state index in [2.05, 4.69) is 5.32 Å². The van der Waals surface area contributed by atoms with Crippen molar-refractivity contribution in [1.82, 2.24) is 5.32 Å². The van der Waals surface area contributed by atoms with Crippen molar-refractivity contribution in [3.8, 4) is 0 Å². The molecule has 1 aromatic rings. The SMILES string of the molecule is O=[N+]([O-])c1cccc(Cl)c1CNCC1(CO)CCCCC1. The van der Waals surface area contributed by atoms with Crippen molar-refractivity contribution in [2.45, 2.75) is 38.6 Å². The number of hydrogen-bond acceptors (Lipinski definition) is 4. The van der Waals surface area contributed by atoms with Crippen LogP contribution in [-0.2, 0) is 6.54 Å². The van der Waals surface area contributed by atoms with Crippen LogP contribution in [0.3, 0.4) is 0 Å². The Balaban J connectivity index is 2.01. The lowest BCUT2D eigenvalue weighted by molar-refractivity contribution is -0.385. The standard InChI is InChI=1S/C15H21ClN2O3/c16-13-5-4-6-14(18(20)21)12(13)9-17-10-15(11-19)7-2-1-3-8-15/h4-6,17,19H,1-3,7-11H2. The molecule has 5 nitrogen and oxygen atoms in total. The molecule has 21 heavy (non-hydrogen) atoms. The number of nitrogens with one attached hydrogen (secondary N) is 1. The zero-order valence-corrected chi connectivity index (χ0v) is 12.7. The number of aliphatic hydroxyl groups is 1. The van der Waals surface area contributed by atoms with Gasteiger partial charge in [0.2, 0.25) is 0 Å². The lowest BCUT2D eigenvalue weighted by Gasteiger charge is -2.35. The molecule has 1 saturated carbocycles. The van der Waals surface area contributed by atoms with E-state index in [0.717, 1.165) is 25.7 Å². The highest BCUT2D eigenvalue weighted by Gasteiger charge is 2.31. The summed E-state index contributed by atoms with van der Waals surface area (Å²) in [6, 6.07) is 4.71. The summed E-state index contributed by atoms with van der Waals surface area (Å²) in [7, 11) is 0. The Kier molecular flexibility index (Phi) is 5.56. The van der Waals surface area contributed by atoms with Crippen molar-refractivity contribution < 1.29 is 10.0 Å². The minimum Gasteiger partial charge on any atom is -0.396 e. The van der Waals surface area contributed by atoms with E-state index in [-0.39, 0.29) is 17.7 Å². The minimum atomic E-state index is -0.411. The van der Waals surface area contributed by atoms with Gasteiger partial charge < -0.3 is 10.4 Å². The van der Waals surface area contributed by atoms with Gasteiger partial charge >= 0.3 is 0 Å². The van der Waals surface area contributed by atoms with Gasteiger partial charge in [-0.1, -0.05) is 36.9 Å². The third kappa shape index (κ3) is 3.93. The molecule has 1 aromatic carbocycles. The van der Waals surface area contributed by atoms with Crippen molar-refractivity contribution >= 4 is 17.3 Å². The first-order valence-electron chi connectivity index (χ1n) is 7.31. The van der Waals surface area contributed by atoms with Crippen molar-refractivity contribution in [3.05, 3.63) is 38.9 Å². The maximum atomic E-state index is 11.0. The number of nitro benzene ring substituents is 1. The van der Waals surface area contributed by atoms with Gasteiger partial charge in [-0.2, -0.15) is 0 Å². The summed E-state index contributed by atoms with van der Waals surface area (Å²) in [5.74, 6) is 0. The number of halogens is 1. The summed E-state index contributed by atoms with van der Waals surface area (Å²) in [5, 5.41) is 24.4. The maximum absolute atomic E-state index is 11.0. The minimum absolute atomic E-state index is 0.0386. The average Bonchev–Trinajstić information content (AvgIpc) is 2.49. The highest BCUT2D eigenvalue weighted by Crippen LogP contribution is 2.35. The smallest absolute Gasteiger partial charge is 0.275 e. The monoisotopic (exact) mass is 312 g/mol. The summed E-state index contributed by atoms with van der Waals surface area (Å²) in [5.41, 5.74) is 0.457. The first-order valence-corrected chi connectivity index (χ1v) is 7.69. The Morgan fingerprint density at radius 3 is 2.67 bits per heavy atom. The van der Waals surface area contributed by atoms with Gasteiger partial charge in [-0.15, -0.1) is 0 Å². The Labute approximate surface area is 129 Å². The van der Waals surface area contributed by atoms with Crippen molar-refractivity contribution in [2.24, 2.45) is 5.41 Å².